The van der Waals surface area contributed by atoms with Crippen molar-refractivity contribution in [2.45, 2.75) is 6.92 Å². The molecule has 2 heterocycles. The summed E-state index contributed by atoms with van der Waals surface area (Å²) >= 11 is 7.69. The van der Waals surface area contributed by atoms with Gasteiger partial charge in [0.05, 0.1) is 15.9 Å². The summed E-state index contributed by atoms with van der Waals surface area (Å²) in [5.41, 5.74) is 6.09. The number of anilines is 1. The van der Waals surface area contributed by atoms with E-state index in [0.717, 1.165) is 32.9 Å². The van der Waals surface area contributed by atoms with Gasteiger partial charge in [-0.3, -0.25) is 9.69 Å². The van der Waals surface area contributed by atoms with Crippen molar-refractivity contribution in [1.29, 1.82) is 0 Å². The SMILES string of the molecule is Cc1ccc2nc(-c3ccc(N4C(=O)/C(=C/c5ccc(Cl)cc5)N=C4c4ccccc4)cc3)sc2c1. The summed E-state index contributed by atoms with van der Waals surface area (Å²) in [6, 6.07) is 31.3. The molecule has 6 heteroatoms. The third kappa shape index (κ3) is 4.24. The number of aryl methyl sites for hydroxylation is 1. The number of halogens is 1. The van der Waals surface area contributed by atoms with Crippen molar-refractivity contribution in [3.63, 3.8) is 0 Å². The molecule has 0 radical (unpaired) electrons. The van der Waals surface area contributed by atoms with Crippen molar-refractivity contribution in [3.05, 3.63) is 124 Å². The molecule has 0 fully saturated rings. The molecule has 1 aliphatic rings. The lowest BCUT2D eigenvalue weighted by molar-refractivity contribution is -0.113. The van der Waals surface area contributed by atoms with Gasteiger partial charge >= 0.3 is 0 Å². The summed E-state index contributed by atoms with van der Waals surface area (Å²) in [7, 11) is 0. The first kappa shape index (κ1) is 22.4. The minimum atomic E-state index is -0.174. The normalized spacial score (nSPS) is 14.6. The van der Waals surface area contributed by atoms with Gasteiger partial charge in [-0.15, -0.1) is 11.3 Å². The maximum atomic E-state index is 13.6. The molecule has 0 aliphatic carbocycles. The van der Waals surface area contributed by atoms with Gasteiger partial charge in [-0.25, -0.2) is 9.98 Å². The Balaban J connectivity index is 1.37. The second-order valence-electron chi connectivity index (χ2n) is 8.56. The van der Waals surface area contributed by atoms with E-state index in [4.69, 9.17) is 21.6 Å². The number of amides is 1. The zero-order chi connectivity index (χ0) is 24.6. The monoisotopic (exact) mass is 505 g/mol. The van der Waals surface area contributed by atoms with Crippen LogP contribution in [0.3, 0.4) is 0 Å². The minimum Gasteiger partial charge on any atom is -0.266 e. The highest BCUT2D eigenvalue weighted by molar-refractivity contribution is 7.21. The van der Waals surface area contributed by atoms with Gasteiger partial charge in [0, 0.05) is 16.1 Å². The van der Waals surface area contributed by atoms with E-state index in [2.05, 4.69) is 25.1 Å². The molecule has 0 bridgehead atoms. The third-order valence-electron chi connectivity index (χ3n) is 5.98. The van der Waals surface area contributed by atoms with Crippen molar-refractivity contribution < 1.29 is 4.79 Å². The molecule has 4 nitrogen and oxygen atoms in total. The topological polar surface area (TPSA) is 45.6 Å². The van der Waals surface area contributed by atoms with Gasteiger partial charge in [0.2, 0.25) is 0 Å². The Hall–Kier alpha value is -4.06. The number of carbonyl (C=O) groups excluding carboxylic acids is 1. The number of carbonyl (C=O) groups is 1. The molecule has 1 aliphatic heterocycles. The van der Waals surface area contributed by atoms with Crippen LogP contribution in [0.15, 0.2) is 108 Å². The Morgan fingerprint density at radius 2 is 1.61 bits per heavy atom. The molecular formula is C30H20ClN3OS. The van der Waals surface area contributed by atoms with E-state index in [1.165, 1.54) is 10.3 Å². The molecular weight excluding hydrogens is 486 g/mol. The number of thiazole rings is 1. The van der Waals surface area contributed by atoms with Crippen LogP contribution in [0.5, 0.6) is 0 Å². The van der Waals surface area contributed by atoms with Crippen LogP contribution in [0.1, 0.15) is 16.7 Å². The highest BCUT2D eigenvalue weighted by Crippen LogP contribution is 2.33. The number of rotatable bonds is 4. The zero-order valence-electron chi connectivity index (χ0n) is 19.4. The molecule has 1 aromatic heterocycles. The molecule has 0 saturated carbocycles. The molecule has 0 N–H and O–H groups in total. The quantitative estimate of drug-likeness (QED) is 0.234. The summed E-state index contributed by atoms with van der Waals surface area (Å²) < 4.78 is 1.17. The van der Waals surface area contributed by atoms with Crippen molar-refractivity contribution in [2.75, 3.05) is 4.90 Å². The lowest BCUT2D eigenvalue weighted by Gasteiger charge is -2.18. The molecule has 0 unspecified atom stereocenters. The van der Waals surface area contributed by atoms with Gasteiger partial charge in [-0.05, 0) is 72.7 Å². The number of nitrogens with zero attached hydrogens (tertiary/aromatic N) is 3. The molecule has 0 spiro atoms. The predicted molar refractivity (Wildman–Crippen MR) is 150 cm³/mol. The second-order valence-corrected chi connectivity index (χ2v) is 10.0. The molecule has 4 aromatic carbocycles. The van der Waals surface area contributed by atoms with Gasteiger partial charge in [0.25, 0.3) is 5.91 Å². The lowest BCUT2D eigenvalue weighted by atomic mass is 10.1. The van der Waals surface area contributed by atoms with Crippen LogP contribution < -0.4 is 4.90 Å². The fraction of sp³-hybridized carbons (Fsp3) is 0.0333. The van der Waals surface area contributed by atoms with Gasteiger partial charge < -0.3 is 0 Å². The maximum absolute atomic E-state index is 13.6. The Morgan fingerprint density at radius 1 is 0.861 bits per heavy atom. The van der Waals surface area contributed by atoms with E-state index in [9.17, 15) is 4.79 Å². The number of hydrogen-bond donors (Lipinski definition) is 0. The smallest absolute Gasteiger partial charge is 0.266 e. The first-order valence-corrected chi connectivity index (χ1v) is 12.7. The Morgan fingerprint density at radius 3 is 2.36 bits per heavy atom. The number of benzene rings is 4. The highest BCUT2D eigenvalue weighted by atomic mass is 35.5. The number of aliphatic imine (C=N–C) groups is 1. The van der Waals surface area contributed by atoms with Crippen LogP contribution in [0.2, 0.25) is 5.02 Å². The largest absolute Gasteiger partial charge is 0.282 e. The van der Waals surface area contributed by atoms with Gasteiger partial charge in [0.1, 0.15) is 16.5 Å². The maximum Gasteiger partial charge on any atom is 0.282 e. The van der Waals surface area contributed by atoms with Crippen LogP contribution in [0, 0.1) is 6.92 Å². The summed E-state index contributed by atoms with van der Waals surface area (Å²) in [4.78, 5) is 24.8. The first-order valence-electron chi connectivity index (χ1n) is 11.5. The number of fused-ring (bicyclic) bond motifs is 1. The van der Waals surface area contributed by atoms with E-state index < -0.39 is 0 Å². The Labute approximate surface area is 217 Å². The second kappa shape index (κ2) is 9.19. The number of aromatic nitrogens is 1. The van der Waals surface area contributed by atoms with Crippen LogP contribution in [-0.2, 0) is 4.79 Å². The lowest BCUT2D eigenvalue weighted by Crippen LogP contribution is -2.32. The predicted octanol–water partition coefficient (Wildman–Crippen LogP) is 7.76. The number of amidine groups is 1. The highest BCUT2D eigenvalue weighted by Gasteiger charge is 2.32. The molecule has 174 valence electrons. The van der Waals surface area contributed by atoms with Crippen LogP contribution in [0.4, 0.5) is 5.69 Å². The third-order valence-corrected chi connectivity index (χ3v) is 7.30. The molecule has 5 aromatic rings. The van der Waals surface area contributed by atoms with E-state index in [0.29, 0.717) is 16.6 Å². The summed E-state index contributed by atoms with van der Waals surface area (Å²) in [5, 5.41) is 1.60. The minimum absolute atomic E-state index is 0.174. The fourth-order valence-electron chi connectivity index (χ4n) is 4.16. The van der Waals surface area contributed by atoms with Gasteiger partial charge in [0.15, 0.2) is 0 Å². The van der Waals surface area contributed by atoms with Gasteiger partial charge in [-0.1, -0.05) is 60.1 Å². The standard InChI is InChI=1S/C30H20ClN3OS/c1-19-7-16-25-27(17-19)36-29(33-25)22-10-14-24(15-11-22)34-28(21-5-3-2-4-6-21)32-26(30(34)35)18-20-8-12-23(31)13-9-20/h2-18H,1H3/b26-18-. The average molecular weight is 506 g/mol. The van der Waals surface area contributed by atoms with E-state index in [-0.39, 0.29) is 5.91 Å². The van der Waals surface area contributed by atoms with Crippen molar-refractivity contribution in [1.82, 2.24) is 4.98 Å². The Kier molecular flexibility index (Phi) is 5.72. The van der Waals surface area contributed by atoms with Crippen LogP contribution in [-0.4, -0.2) is 16.7 Å². The Bertz CT molecular complexity index is 1650. The summed E-state index contributed by atoms with van der Waals surface area (Å²) in [5.74, 6) is 0.427. The first-order chi connectivity index (χ1) is 17.5. The van der Waals surface area contributed by atoms with Gasteiger partial charge in [-0.2, -0.15) is 0 Å². The zero-order valence-corrected chi connectivity index (χ0v) is 20.9. The van der Waals surface area contributed by atoms with Crippen molar-refractivity contribution in [2.24, 2.45) is 4.99 Å². The van der Waals surface area contributed by atoms with E-state index in [1.807, 2.05) is 66.7 Å². The summed E-state index contributed by atoms with van der Waals surface area (Å²) in [6.45, 7) is 2.09. The molecule has 6 rings (SSSR count). The van der Waals surface area contributed by atoms with E-state index >= 15 is 0 Å². The van der Waals surface area contributed by atoms with Crippen LogP contribution >= 0.6 is 22.9 Å². The molecule has 0 saturated heterocycles. The van der Waals surface area contributed by atoms with Crippen molar-refractivity contribution >= 4 is 56.7 Å². The summed E-state index contributed by atoms with van der Waals surface area (Å²) in [6.07, 6.45) is 1.79. The molecule has 1 amide bonds. The molecule has 0 atom stereocenters. The van der Waals surface area contributed by atoms with Crippen molar-refractivity contribution in [3.8, 4) is 10.6 Å². The average Bonchev–Trinajstić information content (AvgIpc) is 3.47. The number of hydrogen-bond acceptors (Lipinski definition) is 4. The van der Waals surface area contributed by atoms with E-state index in [1.54, 1.807) is 34.4 Å². The fourth-order valence-corrected chi connectivity index (χ4v) is 5.36. The van der Waals surface area contributed by atoms with Crippen LogP contribution in [0.25, 0.3) is 26.9 Å². The molecule has 36 heavy (non-hydrogen) atoms.